The van der Waals surface area contributed by atoms with E-state index in [0.717, 1.165) is 19.2 Å². The molecule has 238 valence electrons. The Morgan fingerprint density at radius 2 is 1.37 bits per heavy atom. The smallest absolute Gasteiger partial charge is 0.360 e. The van der Waals surface area contributed by atoms with E-state index in [4.69, 9.17) is 0 Å². The van der Waals surface area contributed by atoms with E-state index in [0.29, 0.717) is 11.1 Å². The van der Waals surface area contributed by atoms with E-state index in [1.165, 1.54) is 42.6 Å². The standard InChI is InChI=1S/C30H26F3N7O4S2/c1-18-4-9-22(10-5-18)45(41,42)39-15-14-25-27(34-17-30(31,32)33)36-29(37-28(25)39)35-21-8-13-24-20(3)38-40(26(24)16-21)46(43,44)23-11-6-19(2)7-12-23/h4-16H,17H2,1-3H3,(H2,34,35,36,37). The van der Waals surface area contributed by atoms with Crippen molar-refractivity contribution in [3.8, 4) is 0 Å². The van der Waals surface area contributed by atoms with Crippen LogP contribution in [0.1, 0.15) is 16.8 Å². The molecular weight excluding hydrogens is 644 g/mol. The number of benzene rings is 3. The van der Waals surface area contributed by atoms with Crippen LogP contribution in [-0.4, -0.2) is 52.7 Å². The number of fused-ring (bicyclic) bond motifs is 2. The van der Waals surface area contributed by atoms with Crippen LogP contribution in [0, 0.1) is 20.8 Å². The van der Waals surface area contributed by atoms with Crippen LogP contribution < -0.4 is 10.6 Å². The van der Waals surface area contributed by atoms with Crippen molar-refractivity contribution in [1.29, 1.82) is 0 Å². The summed E-state index contributed by atoms with van der Waals surface area (Å²) in [7, 11) is -8.29. The van der Waals surface area contributed by atoms with Gasteiger partial charge < -0.3 is 10.6 Å². The molecule has 0 bridgehead atoms. The lowest BCUT2D eigenvalue weighted by Crippen LogP contribution is -2.22. The highest BCUT2D eigenvalue weighted by atomic mass is 32.2. The number of aryl methyl sites for hydroxylation is 3. The molecule has 0 atom stereocenters. The lowest BCUT2D eigenvalue weighted by molar-refractivity contribution is -0.115. The molecule has 3 aromatic carbocycles. The highest BCUT2D eigenvalue weighted by molar-refractivity contribution is 7.90. The predicted molar refractivity (Wildman–Crippen MR) is 167 cm³/mol. The second-order valence-electron chi connectivity index (χ2n) is 10.6. The molecule has 0 aliphatic carbocycles. The molecule has 3 heterocycles. The third-order valence-corrected chi connectivity index (χ3v) is 10.5. The van der Waals surface area contributed by atoms with E-state index < -0.39 is 32.8 Å². The predicted octanol–water partition coefficient (Wildman–Crippen LogP) is 5.90. The molecule has 46 heavy (non-hydrogen) atoms. The van der Waals surface area contributed by atoms with E-state index in [9.17, 15) is 30.0 Å². The average Bonchev–Trinajstić information content (AvgIpc) is 3.58. The number of aromatic nitrogens is 5. The molecule has 0 aliphatic heterocycles. The Morgan fingerprint density at radius 1 is 0.761 bits per heavy atom. The fraction of sp³-hybridized carbons (Fsp3) is 0.167. The number of hydrogen-bond acceptors (Lipinski definition) is 9. The molecule has 16 heteroatoms. The second-order valence-corrected chi connectivity index (χ2v) is 14.2. The van der Waals surface area contributed by atoms with Crippen LogP contribution in [-0.2, 0) is 20.0 Å². The SMILES string of the molecule is Cc1ccc(S(=O)(=O)n2ccc3c(NCC(F)(F)F)nc(Nc4ccc5c(C)nn(S(=O)(=O)c6ccc(C)cc6)c5c4)nc32)cc1. The number of rotatable bonds is 8. The summed E-state index contributed by atoms with van der Waals surface area (Å²) < 4.78 is 95.5. The van der Waals surface area contributed by atoms with Crippen molar-refractivity contribution in [1.82, 2.24) is 23.1 Å². The second kappa shape index (κ2) is 11.1. The maximum absolute atomic E-state index is 13.5. The molecule has 0 spiro atoms. The fourth-order valence-corrected chi connectivity index (χ4v) is 7.44. The summed E-state index contributed by atoms with van der Waals surface area (Å²) >= 11 is 0. The van der Waals surface area contributed by atoms with Crippen LogP contribution in [0.2, 0.25) is 0 Å². The van der Waals surface area contributed by atoms with E-state index in [-0.39, 0.29) is 43.8 Å². The molecule has 11 nitrogen and oxygen atoms in total. The van der Waals surface area contributed by atoms with Crippen molar-refractivity contribution in [2.24, 2.45) is 0 Å². The fourth-order valence-electron chi connectivity index (χ4n) is 4.82. The van der Waals surface area contributed by atoms with Gasteiger partial charge in [-0.2, -0.15) is 40.7 Å². The summed E-state index contributed by atoms with van der Waals surface area (Å²) in [6.07, 6.45) is -3.40. The third kappa shape index (κ3) is 5.76. The quantitative estimate of drug-likeness (QED) is 0.203. The van der Waals surface area contributed by atoms with Gasteiger partial charge in [-0.25, -0.2) is 12.4 Å². The number of halogens is 3. The topological polar surface area (TPSA) is 141 Å². The molecule has 0 aliphatic rings. The number of nitrogens with zero attached hydrogens (tertiary/aromatic N) is 5. The van der Waals surface area contributed by atoms with Gasteiger partial charge in [0.2, 0.25) is 5.95 Å². The van der Waals surface area contributed by atoms with Crippen LogP contribution in [0.25, 0.3) is 21.9 Å². The van der Waals surface area contributed by atoms with E-state index in [2.05, 4.69) is 25.7 Å². The average molecular weight is 670 g/mol. The van der Waals surface area contributed by atoms with Gasteiger partial charge in [0.05, 0.1) is 26.4 Å². The number of hydrogen-bond donors (Lipinski definition) is 2. The van der Waals surface area contributed by atoms with Gasteiger partial charge in [-0.05, 0) is 69.3 Å². The normalized spacial score (nSPS) is 12.6. The number of anilines is 3. The van der Waals surface area contributed by atoms with Gasteiger partial charge in [0.25, 0.3) is 20.0 Å². The van der Waals surface area contributed by atoms with Gasteiger partial charge in [-0.15, -0.1) is 0 Å². The monoisotopic (exact) mass is 669 g/mol. The summed E-state index contributed by atoms with van der Waals surface area (Å²) in [5, 5.41) is 9.97. The highest BCUT2D eigenvalue weighted by Gasteiger charge is 2.29. The summed E-state index contributed by atoms with van der Waals surface area (Å²) in [5.74, 6) is -0.494. The molecule has 0 amide bonds. The molecule has 6 rings (SSSR count). The molecule has 0 saturated heterocycles. The first-order valence-corrected chi connectivity index (χ1v) is 16.6. The first kappa shape index (κ1) is 31.0. The molecular formula is C30H26F3N7O4S2. The zero-order valence-corrected chi connectivity index (χ0v) is 26.2. The van der Waals surface area contributed by atoms with Crippen molar-refractivity contribution >= 4 is 59.4 Å². The lowest BCUT2D eigenvalue weighted by Gasteiger charge is -2.13. The van der Waals surface area contributed by atoms with E-state index in [1.54, 1.807) is 50.2 Å². The van der Waals surface area contributed by atoms with Gasteiger partial charge >= 0.3 is 6.18 Å². The maximum atomic E-state index is 13.5. The Balaban J connectivity index is 1.45. The van der Waals surface area contributed by atoms with Gasteiger partial charge in [0.15, 0.2) is 5.65 Å². The minimum atomic E-state index is -4.59. The van der Waals surface area contributed by atoms with Crippen molar-refractivity contribution in [3.63, 3.8) is 0 Å². The summed E-state index contributed by atoms with van der Waals surface area (Å²) in [6.45, 7) is 3.86. The minimum absolute atomic E-state index is 0.0329. The maximum Gasteiger partial charge on any atom is 0.405 e. The Bertz CT molecular complexity index is 2330. The first-order valence-electron chi connectivity index (χ1n) is 13.7. The van der Waals surface area contributed by atoms with Gasteiger partial charge in [-0.1, -0.05) is 35.4 Å². The van der Waals surface area contributed by atoms with Crippen molar-refractivity contribution in [3.05, 3.63) is 95.8 Å². The Hall–Kier alpha value is -4.96. The summed E-state index contributed by atoms with van der Waals surface area (Å²) in [5.41, 5.74) is 2.49. The molecule has 0 saturated carbocycles. The molecule has 0 fully saturated rings. The van der Waals surface area contributed by atoms with Gasteiger partial charge in [0, 0.05) is 17.3 Å². The minimum Gasteiger partial charge on any atom is -0.360 e. The van der Waals surface area contributed by atoms with Crippen LogP contribution in [0.5, 0.6) is 0 Å². The Labute approximate surface area is 261 Å². The zero-order valence-electron chi connectivity index (χ0n) is 24.5. The third-order valence-electron chi connectivity index (χ3n) is 7.18. The Kier molecular flexibility index (Phi) is 7.51. The molecule has 2 N–H and O–H groups in total. The van der Waals surface area contributed by atoms with Crippen LogP contribution in [0.4, 0.5) is 30.6 Å². The number of nitrogens with one attached hydrogen (secondary N) is 2. The van der Waals surface area contributed by atoms with Crippen LogP contribution in [0.15, 0.2) is 88.8 Å². The van der Waals surface area contributed by atoms with Crippen molar-refractivity contribution in [2.75, 3.05) is 17.2 Å². The summed E-state index contributed by atoms with van der Waals surface area (Å²) in [6, 6.07) is 18.4. The van der Waals surface area contributed by atoms with E-state index in [1.807, 2.05) is 6.92 Å². The van der Waals surface area contributed by atoms with E-state index >= 15 is 0 Å². The van der Waals surface area contributed by atoms with Crippen LogP contribution in [0.3, 0.4) is 0 Å². The van der Waals surface area contributed by atoms with Gasteiger partial charge in [0.1, 0.15) is 12.4 Å². The molecule has 3 aromatic heterocycles. The molecule has 0 radical (unpaired) electrons. The van der Waals surface area contributed by atoms with Crippen molar-refractivity contribution < 1.29 is 30.0 Å². The zero-order chi connectivity index (χ0) is 33.0. The first-order chi connectivity index (χ1) is 21.6. The molecule has 6 aromatic rings. The largest absolute Gasteiger partial charge is 0.405 e. The number of alkyl halides is 3. The Morgan fingerprint density at radius 3 is 1.98 bits per heavy atom. The van der Waals surface area contributed by atoms with Crippen LogP contribution >= 0.6 is 0 Å². The summed E-state index contributed by atoms with van der Waals surface area (Å²) in [4.78, 5) is 8.55. The van der Waals surface area contributed by atoms with Gasteiger partial charge in [-0.3, -0.25) is 0 Å². The van der Waals surface area contributed by atoms with Crippen molar-refractivity contribution in [2.45, 2.75) is 36.7 Å². The lowest BCUT2D eigenvalue weighted by atomic mass is 10.2. The highest BCUT2D eigenvalue weighted by Crippen LogP contribution is 2.31. The molecule has 0 unspecified atom stereocenters.